The van der Waals surface area contributed by atoms with E-state index < -0.39 is 0 Å². The molecule has 0 amide bonds. The maximum atomic E-state index is 12.5. The average Bonchev–Trinajstić information content (AvgIpc) is 3.11. The van der Waals surface area contributed by atoms with Crippen LogP contribution in [0, 0.1) is 0 Å². The van der Waals surface area contributed by atoms with E-state index in [0.717, 1.165) is 0 Å². The summed E-state index contributed by atoms with van der Waals surface area (Å²) in [6.07, 6.45) is 1.48. The van der Waals surface area contributed by atoms with Gasteiger partial charge < -0.3 is 9.26 Å². The normalized spacial score (nSPS) is 11.0. The van der Waals surface area contributed by atoms with E-state index in [1.54, 1.807) is 42.5 Å². The first kappa shape index (κ1) is 16.3. The smallest absolute Gasteiger partial charge is 0.264 e. The molecule has 4 rings (SSSR count). The predicted molar refractivity (Wildman–Crippen MR) is 95.2 cm³/mol. The zero-order valence-electron chi connectivity index (χ0n) is 13.5. The minimum atomic E-state index is -0.153. The molecule has 0 radical (unpaired) electrons. The second-order valence-corrected chi connectivity index (χ2v) is 5.98. The molecule has 0 bridgehead atoms. The summed E-state index contributed by atoms with van der Waals surface area (Å²) >= 11 is 5.83. The van der Waals surface area contributed by atoms with Gasteiger partial charge in [-0.3, -0.25) is 9.36 Å². The zero-order valence-corrected chi connectivity index (χ0v) is 14.3. The molecule has 130 valence electrons. The Kier molecular flexibility index (Phi) is 4.37. The van der Waals surface area contributed by atoms with Gasteiger partial charge in [0.05, 0.1) is 23.8 Å². The number of hydrogen-bond donors (Lipinski definition) is 0. The first-order valence-corrected chi connectivity index (χ1v) is 8.21. The van der Waals surface area contributed by atoms with Crippen LogP contribution >= 0.6 is 11.6 Å². The Bertz CT molecular complexity index is 1110. The number of hydrogen-bond acceptors (Lipinski definition) is 6. The lowest BCUT2D eigenvalue weighted by atomic mass is 10.2. The third-order valence-corrected chi connectivity index (χ3v) is 3.98. The van der Waals surface area contributed by atoms with Crippen LogP contribution in [0.3, 0.4) is 0 Å². The summed E-state index contributed by atoms with van der Waals surface area (Å²) in [4.78, 5) is 21.0. The topological polar surface area (TPSA) is 83.0 Å². The number of benzene rings is 2. The molecule has 26 heavy (non-hydrogen) atoms. The highest BCUT2D eigenvalue weighted by Gasteiger charge is 2.10. The van der Waals surface area contributed by atoms with Crippen LogP contribution in [0.15, 0.2) is 64.2 Å². The van der Waals surface area contributed by atoms with Crippen LogP contribution in [0.4, 0.5) is 0 Å². The number of aromatic nitrogens is 4. The van der Waals surface area contributed by atoms with E-state index in [2.05, 4.69) is 15.1 Å². The highest BCUT2D eigenvalue weighted by atomic mass is 35.5. The molecule has 7 nitrogen and oxygen atoms in total. The van der Waals surface area contributed by atoms with Gasteiger partial charge in [-0.05, 0) is 36.4 Å². The van der Waals surface area contributed by atoms with Crippen molar-refractivity contribution in [3.8, 4) is 5.75 Å². The van der Waals surface area contributed by atoms with Crippen LogP contribution in [-0.4, -0.2) is 19.7 Å². The lowest BCUT2D eigenvalue weighted by Gasteiger charge is -2.03. The van der Waals surface area contributed by atoms with Crippen molar-refractivity contribution in [2.75, 3.05) is 0 Å². The largest absolute Gasteiger partial charge is 0.484 e. The lowest BCUT2D eigenvalue weighted by Crippen LogP contribution is -2.21. The summed E-state index contributed by atoms with van der Waals surface area (Å²) < 4.78 is 12.2. The Hall–Kier alpha value is -3.19. The van der Waals surface area contributed by atoms with E-state index >= 15 is 0 Å². The van der Waals surface area contributed by atoms with Crippen molar-refractivity contribution in [2.24, 2.45) is 0 Å². The van der Waals surface area contributed by atoms with Gasteiger partial charge in [0.15, 0.2) is 12.4 Å². The molecule has 0 saturated carbocycles. The van der Waals surface area contributed by atoms with E-state index in [1.165, 1.54) is 10.9 Å². The number of halogens is 1. The molecular formula is C18H13ClN4O3. The van der Waals surface area contributed by atoms with Crippen LogP contribution < -0.4 is 10.3 Å². The highest BCUT2D eigenvalue weighted by molar-refractivity contribution is 6.30. The summed E-state index contributed by atoms with van der Waals surface area (Å²) in [5.41, 5.74) is 0.498. The van der Waals surface area contributed by atoms with E-state index in [-0.39, 0.29) is 18.7 Å². The molecule has 0 aliphatic carbocycles. The zero-order chi connectivity index (χ0) is 17.9. The minimum absolute atomic E-state index is 0.125. The maximum absolute atomic E-state index is 12.5. The second kappa shape index (κ2) is 6.97. The summed E-state index contributed by atoms with van der Waals surface area (Å²) in [7, 11) is 0. The Morgan fingerprint density at radius 3 is 2.77 bits per heavy atom. The molecule has 0 fully saturated rings. The summed E-state index contributed by atoms with van der Waals surface area (Å²) in [6.45, 7) is 0.292. The van der Waals surface area contributed by atoms with Gasteiger partial charge in [0, 0.05) is 5.02 Å². The SMILES string of the molecule is O=c1c2ccccc2ncn1Cc1noc(COc2ccc(Cl)cc2)n1. The predicted octanol–water partition coefficient (Wildman–Crippen LogP) is 3.06. The van der Waals surface area contributed by atoms with Crippen molar-refractivity contribution in [1.82, 2.24) is 19.7 Å². The van der Waals surface area contributed by atoms with Gasteiger partial charge in [-0.25, -0.2) is 4.98 Å². The average molecular weight is 369 g/mol. The maximum Gasteiger partial charge on any atom is 0.264 e. The fourth-order valence-corrected chi connectivity index (χ4v) is 2.59. The standard InChI is InChI=1S/C18H13ClN4O3/c19-12-5-7-13(8-6-12)25-10-17-21-16(22-26-17)9-23-11-20-15-4-2-1-3-14(15)18(23)24/h1-8,11H,9-10H2. The third-order valence-electron chi connectivity index (χ3n) is 3.73. The quantitative estimate of drug-likeness (QED) is 0.538. The lowest BCUT2D eigenvalue weighted by molar-refractivity contribution is 0.242. The molecule has 0 atom stereocenters. The van der Waals surface area contributed by atoms with Gasteiger partial charge in [-0.1, -0.05) is 28.9 Å². The molecule has 2 aromatic heterocycles. The van der Waals surface area contributed by atoms with Crippen LogP contribution in [0.2, 0.25) is 5.02 Å². The van der Waals surface area contributed by atoms with E-state index in [1.807, 2.05) is 6.07 Å². The molecule has 2 aromatic carbocycles. The first-order chi connectivity index (χ1) is 12.7. The fourth-order valence-electron chi connectivity index (χ4n) is 2.46. The van der Waals surface area contributed by atoms with Gasteiger partial charge in [0.2, 0.25) is 0 Å². The van der Waals surface area contributed by atoms with Crippen LogP contribution in [0.25, 0.3) is 10.9 Å². The minimum Gasteiger partial charge on any atom is -0.484 e. The second-order valence-electron chi connectivity index (χ2n) is 5.54. The Morgan fingerprint density at radius 2 is 1.92 bits per heavy atom. The van der Waals surface area contributed by atoms with Crippen molar-refractivity contribution in [3.05, 3.63) is 81.9 Å². The summed E-state index contributed by atoms with van der Waals surface area (Å²) in [5.74, 6) is 1.33. The third kappa shape index (κ3) is 3.43. The fraction of sp³-hybridized carbons (Fsp3) is 0.111. The van der Waals surface area contributed by atoms with Crippen LogP contribution in [-0.2, 0) is 13.2 Å². The Labute approximate surface area is 152 Å². The molecule has 8 heteroatoms. The first-order valence-electron chi connectivity index (χ1n) is 7.83. The Morgan fingerprint density at radius 1 is 1.12 bits per heavy atom. The van der Waals surface area contributed by atoms with E-state index in [0.29, 0.717) is 33.4 Å². The van der Waals surface area contributed by atoms with E-state index in [4.69, 9.17) is 20.9 Å². The monoisotopic (exact) mass is 368 g/mol. The number of rotatable bonds is 5. The van der Waals surface area contributed by atoms with Gasteiger partial charge in [0.25, 0.3) is 11.4 Å². The van der Waals surface area contributed by atoms with Gasteiger partial charge in [-0.2, -0.15) is 4.98 Å². The van der Waals surface area contributed by atoms with Crippen molar-refractivity contribution >= 4 is 22.5 Å². The van der Waals surface area contributed by atoms with Crippen LogP contribution in [0.1, 0.15) is 11.7 Å². The van der Waals surface area contributed by atoms with Crippen molar-refractivity contribution in [2.45, 2.75) is 13.2 Å². The summed E-state index contributed by atoms with van der Waals surface area (Å²) in [5, 5.41) is 5.06. The van der Waals surface area contributed by atoms with Gasteiger partial charge >= 0.3 is 0 Å². The number of fused-ring (bicyclic) bond motifs is 1. The van der Waals surface area contributed by atoms with Crippen molar-refractivity contribution in [1.29, 1.82) is 0 Å². The number of nitrogens with zero attached hydrogens (tertiary/aromatic N) is 4. The van der Waals surface area contributed by atoms with Crippen molar-refractivity contribution in [3.63, 3.8) is 0 Å². The molecule has 0 saturated heterocycles. The van der Waals surface area contributed by atoms with Crippen molar-refractivity contribution < 1.29 is 9.26 Å². The Balaban J connectivity index is 1.47. The molecule has 0 unspecified atom stereocenters. The molecular weight excluding hydrogens is 356 g/mol. The molecule has 4 aromatic rings. The molecule has 0 aliphatic rings. The van der Waals surface area contributed by atoms with Gasteiger partial charge in [-0.15, -0.1) is 0 Å². The number of para-hydroxylation sites is 1. The highest BCUT2D eigenvalue weighted by Crippen LogP contribution is 2.16. The number of ether oxygens (including phenoxy) is 1. The molecule has 0 spiro atoms. The van der Waals surface area contributed by atoms with Gasteiger partial charge in [0.1, 0.15) is 5.75 Å². The molecule has 2 heterocycles. The molecule has 0 N–H and O–H groups in total. The van der Waals surface area contributed by atoms with E-state index in [9.17, 15) is 4.79 Å². The molecule has 0 aliphatic heterocycles. The van der Waals surface area contributed by atoms with Crippen LogP contribution in [0.5, 0.6) is 5.75 Å². The summed E-state index contributed by atoms with van der Waals surface area (Å²) in [6, 6.07) is 14.1.